The number of unbranched alkanes of at least 4 members (excludes halogenated alkanes) is 27. The van der Waals surface area contributed by atoms with Gasteiger partial charge in [-0.3, -0.25) is 14.4 Å². The van der Waals surface area contributed by atoms with Gasteiger partial charge in [-0.1, -0.05) is 223 Å². The minimum Gasteiger partial charge on any atom is -0.462 e. The molecule has 0 heterocycles. The molecular formula is C57H100O6. The van der Waals surface area contributed by atoms with E-state index in [1.165, 1.54) is 154 Å². The van der Waals surface area contributed by atoms with Gasteiger partial charge in [0.2, 0.25) is 0 Å². The Hall–Kier alpha value is -2.89. The summed E-state index contributed by atoms with van der Waals surface area (Å²) in [5.74, 6) is -0.954. The monoisotopic (exact) mass is 881 g/mol. The molecule has 0 amide bonds. The van der Waals surface area contributed by atoms with Gasteiger partial charge >= 0.3 is 17.9 Å². The molecule has 364 valence electrons. The van der Waals surface area contributed by atoms with Crippen LogP contribution < -0.4 is 0 Å². The molecule has 0 aromatic rings. The lowest BCUT2D eigenvalue weighted by Crippen LogP contribution is -2.30. The third-order valence-corrected chi connectivity index (χ3v) is 11.5. The standard InChI is InChI=1S/C57H100O6/c1-4-7-10-13-16-19-21-23-25-27-28-30-31-33-35-38-41-44-47-50-56(59)62-53-54(52-61-55(58)49-46-43-40-37-18-15-12-9-6-3)63-57(60)51-48-45-42-39-36-34-32-29-26-24-22-20-17-14-11-8-5-2/h17,20,24,26-28,32,34,39,42,54H,4-16,18-19,21-23,25,29-31,33,35-38,40-41,43-53H2,1-3H3/b20-17-,26-24-,28-27-,34-32-,42-39-. The summed E-state index contributed by atoms with van der Waals surface area (Å²) in [6.07, 6.45) is 63.6. The Labute approximate surface area is 390 Å². The lowest BCUT2D eigenvalue weighted by molar-refractivity contribution is -0.167. The van der Waals surface area contributed by atoms with Gasteiger partial charge in [-0.15, -0.1) is 0 Å². The van der Waals surface area contributed by atoms with Gasteiger partial charge in [0.1, 0.15) is 13.2 Å². The Bertz CT molecular complexity index is 1150. The topological polar surface area (TPSA) is 78.9 Å². The zero-order valence-electron chi connectivity index (χ0n) is 41.6. The van der Waals surface area contributed by atoms with Crippen molar-refractivity contribution in [3.05, 3.63) is 60.8 Å². The van der Waals surface area contributed by atoms with Crippen molar-refractivity contribution in [2.45, 2.75) is 271 Å². The van der Waals surface area contributed by atoms with Crippen LogP contribution in [-0.2, 0) is 28.6 Å². The Morgan fingerprint density at radius 3 is 0.984 bits per heavy atom. The Morgan fingerprint density at radius 1 is 0.317 bits per heavy atom. The SMILES string of the molecule is CCCCC/C=C\C/C=C\C/C=C\C/C=C\CCCC(=O)OC(COC(=O)CCCCCCCCC/C=C\CCCCCCCCCC)COC(=O)CCCCCCCCCCC. The first kappa shape index (κ1) is 60.1. The molecule has 0 aromatic heterocycles. The molecule has 0 bridgehead atoms. The van der Waals surface area contributed by atoms with Crippen molar-refractivity contribution in [1.82, 2.24) is 0 Å². The van der Waals surface area contributed by atoms with E-state index in [1.807, 2.05) is 0 Å². The number of hydrogen-bond donors (Lipinski definition) is 0. The predicted molar refractivity (Wildman–Crippen MR) is 270 cm³/mol. The molecular weight excluding hydrogens is 781 g/mol. The van der Waals surface area contributed by atoms with Crippen molar-refractivity contribution < 1.29 is 28.6 Å². The van der Waals surface area contributed by atoms with Gasteiger partial charge in [0.05, 0.1) is 0 Å². The normalized spacial score (nSPS) is 12.5. The maximum atomic E-state index is 12.8. The first-order valence-electron chi connectivity index (χ1n) is 26.8. The van der Waals surface area contributed by atoms with E-state index in [1.54, 1.807) is 0 Å². The van der Waals surface area contributed by atoms with Gasteiger partial charge in [0.15, 0.2) is 6.10 Å². The highest BCUT2D eigenvalue weighted by molar-refractivity contribution is 5.71. The van der Waals surface area contributed by atoms with Crippen molar-refractivity contribution in [3.8, 4) is 0 Å². The fourth-order valence-electron chi connectivity index (χ4n) is 7.43. The molecule has 63 heavy (non-hydrogen) atoms. The second-order valence-corrected chi connectivity index (χ2v) is 17.8. The van der Waals surface area contributed by atoms with Gasteiger partial charge in [0.25, 0.3) is 0 Å². The molecule has 0 saturated heterocycles. The molecule has 0 aliphatic heterocycles. The maximum Gasteiger partial charge on any atom is 0.306 e. The molecule has 0 spiro atoms. The van der Waals surface area contributed by atoms with Gasteiger partial charge in [-0.2, -0.15) is 0 Å². The molecule has 1 atom stereocenters. The second kappa shape index (κ2) is 51.7. The number of allylic oxidation sites excluding steroid dienone is 10. The maximum absolute atomic E-state index is 12.8. The predicted octanol–water partition coefficient (Wildman–Crippen LogP) is 17.6. The highest BCUT2D eigenvalue weighted by Crippen LogP contribution is 2.14. The number of ether oxygens (including phenoxy) is 3. The van der Waals surface area contributed by atoms with Crippen LogP contribution in [0, 0.1) is 0 Å². The zero-order valence-corrected chi connectivity index (χ0v) is 41.6. The van der Waals surface area contributed by atoms with E-state index in [2.05, 4.69) is 81.5 Å². The van der Waals surface area contributed by atoms with Gasteiger partial charge in [-0.25, -0.2) is 0 Å². The number of carbonyl (C=O) groups is 3. The van der Waals surface area contributed by atoms with Crippen LogP contribution in [-0.4, -0.2) is 37.2 Å². The largest absolute Gasteiger partial charge is 0.462 e. The molecule has 6 nitrogen and oxygen atoms in total. The molecule has 0 aromatic carbocycles. The number of rotatable bonds is 48. The van der Waals surface area contributed by atoms with Crippen LogP contribution in [0.15, 0.2) is 60.8 Å². The van der Waals surface area contributed by atoms with Gasteiger partial charge in [0, 0.05) is 19.3 Å². The van der Waals surface area contributed by atoms with Crippen molar-refractivity contribution in [3.63, 3.8) is 0 Å². The smallest absolute Gasteiger partial charge is 0.306 e. The molecule has 0 rings (SSSR count). The average molecular weight is 881 g/mol. The molecule has 1 unspecified atom stereocenters. The Morgan fingerprint density at radius 2 is 0.587 bits per heavy atom. The molecule has 0 fully saturated rings. The van der Waals surface area contributed by atoms with Crippen LogP contribution in [0.3, 0.4) is 0 Å². The Kier molecular flexibility index (Phi) is 49.4. The summed E-state index contributed by atoms with van der Waals surface area (Å²) in [5.41, 5.74) is 0. The van der Waals surface area contributed by atoms with Crippen LogP contribution >= 0.6 is 0 Å². The van der Waals surface area contributed by atoms with Crippen LogP contribution in [0.5, 0.6) is 0 Å². The second-order valence-electron chi connectivity index (χ2n) is 17.8. The summed E-state index contributed by atoms with van der Waals surface area (Å²) in [6, 6.07) is 0. The summed E-state index contributed by atoms with van der Waals surface area (Å²) >= 11 is 0. The summed E-state index contributed by atoms with van der Waals surface area (Å²) in [7, 11) is 0. The lowest BCUT2D eigenvalue weighted by atomic mass is 10.1. The third-order valence-electron chi connectivity index (χ3n) is 11.5. The minimum absolute atomic E-state index is 0.0957. The number of esters is 3. The summed E-state index contributed by atoms with van der Waals surface area (Å²) in [6.45, 7) is 6.55. The van der Waals surface area contributed by atoms with Gasteiger partial charge in [-0.05, 0) is 83.5 Å². The average Bonchev–Trinajstić information content (AvgIpc) is 3.28. The van der Waals surface area contributed by atoms with E-state index >= 15 is 0 Å². The van der Waals surface area contributed by atoms with Crippen LogP contribution in [0.4, 0.5) is 0 Å². The molecule has 0 radical (unpaired) electrons. The molecule has 6 heteroatoms. The van der Waals surface area contributed by atoms with E-state index in [0.29, 0.717) is 19.3 Å². The first-order chi connectivity index (χ1) is 31.0. The van der Waals surface area contributed by atoms with E-state index in [4.69, 9.17) is 14.2 Å². The van der Waals surface area contributed by atoms with Crippen molar-refractivity contribution in [2.24, 2.45) is 0 Å². The minimum atomic E-state index is -0.801. The molecule has 0 saturated carbocycles. The van der Waals surface area contributed by atoms with E-state index in [9.17, 15) is 14.4 Å². The van der Waals surface area contributed by atoms with Crippen molar-refractivity contribution in [1.29, 1.82) is 0 Å². The number of hydrogen-bond acceptors (Lipinski definition) is 6. The van der Waals surface area contributed by atoms with Crippen molar-refractivity contribution >= 4 is 17.9 Å². The summed E-state index contributed by atoms with van der Waals surface area (Å²) < 4.78 is 16.7. The summed E-state index contributed by atoms with van der Waals surface area (Å²) in [4.78, 5) is 37.9. The van der Waals surface area contributed by atoms with E-state index < -0.39 is 6.10 Å². The third kappa shape index (κ3) is 50.0. The fourth-order valence-corrected chi connectivity index (χ4v) is 7.43. The van der Waals surface area contributed by atoms with E-state index in [0.717, 1.165) is 64.2 Å². The molecule has 0 N–H and O–H groups in total. The highest BCUT2D eigenvalue weighted by atomic mass is 16.6. The number of carbonyl (C=O) groups excluding carboxylic acids is 3. The Balaban J connectivity index is 4.38. The van der Waals surface area contributed by atoms with Crippen molar-refractivity contribution in [2.75, 3.05) is 13.2 Å². The van der Waals surface area contributed by atoms with Crippen LogP contribution in [0.25, 0.3) is 0 Å². The highest BCUT2D eigenvalue weighted by Gasteiger charge is 2.19. The molecule has 0 aliphatic rings. The lowest BCUT2D eigenvalue weighted by Gasteiger charge is -2.18. The van der Waals surface area contributed by atoms with Crippen LogP contribution in [0.1, 0.15) is 265 Å². The summed E-state index contributed by atoms with van der Waals surface area (Å²) in [5, 5.41) is 0. The quantitative estimate of drug-likeness (QED) is 0.0262. The molecule has 0 aliphatic carbocycles. The van der Waals surface area contributed by atoms with Gasteiger partial charge < -0.3 is 14.2 Å². The van der Waals surface area contributed by atoms with E-state index in [-0.39, 0.29) is 37.5 Å². The van der Waals surface area contributed by atoms with Crippen LogP contribution in [0.2, 0.25) is 0 Å². The first-order valence-corrected chi connectivity index (χ1v) is 26.8. The fraction of sp³-hybridized carbons (Fsp3) is 0.772. The zero-order chi connectivity index (χ0) is 45.8.